The molecule has 1 aliphatic rings. The van der Waals surface area contributed by atoms with Crippen LogP contribution < -0.4 is 10.1 Å². The molecule has 3 heteroatoms. The lowest BCUT2D eigenvalue weighted by Gasteiger charge is -2.26. The number of nitrogens with one attached hydrogen (secondary N) is 1. The van der Waals surface area contributed by atoms with Gasteiger partial charge in [-0.25, -0.2) is 0 Å². The van der Waals surface area contributed by atoms with Gasteiger partial charge in [0.1, 0.15) is 5.75 Å². The van der Waals surface area contributed by atoms with Crippen LogP contribution in [-0.4, -0.2) is 11.1 Å². The Balaban J connectivity index is 1.59. The van der Waals surface area contributed by atoms with Crippen molar-refractivity contribution in [2.24, 2.45) is 0 Å². The molecule has 19 heavy (non-hydrogen) atoms. The Morgan fingerprint density at radius 1 is 1.21 bits per heavy atom. The fraction of sp³-hybridized carbons (Fsp3) is 0.312. The van der Waals surface area contributed by atoms with Gasteiger partial charge in [-0.3, -0.25) is 4.98 Å². The van der Waals surface area contributed by atoms with Crippen molar-refractivity contribution in [3.8, 4) is 5.75 Å². The van der Waals surface area contributed by atoms with Gasteiger partial charge >= 0.3 is 0 Å². The molecule has 2 aromatic rings. The molecule has 0 spiro atoms. The molecule has 1 aromatic carbocycles. The molecule has 3 nitrogen and oxygen atoms in total. The van der Waals surface area contributed by atoms with Crippen LogP contribution in [0.1, 0.15) is 24.8 Å². The number of hydrogen-bond acceptors (Lipinski definition) is 3. The summed E-state index contributed by atoms with van der Waals surface area (Å²) in [5, 5.41) is 3.39. The van der Waals surface area contributed by atoms with Crippen LogP contribution in [0.4, 0.5) is 5.69 Å². The van der Waals surface area contributed by atoms with E-state index < -0.39 is 0 Å². The van der Waals surface area contributed by atoms with Crippen molar-refractivity contribution in [2.75, 3.05) is 5.32 Å². The summed E-state index contributed by atoms with van der Waals surface area (Å²) in [5.41, 5.74) is 2.26. The molecule has 1 saturated carbocycles. The fourth-order valence-corrected chi connectivity index (χ4v) is 2.07. The summed E-state index contributed by atoms with van der Waals surface area (Å²) in [7, 11) is 0. The maximum atomic E-state index is 5.89. The van der Waals surface area contributed by atoms with Gasteiger partial charge < -0.3 is 10.1 Å². The van der Waals surface area contributed by atoms with Crippen LogP contribution in [-0.2, 0) is 6.54 Å². The first kappa shape index (κ1) is 12.0. The average molecular weight is 254 g/mol. The Morgan fingerprint density at radius 3 is 2.89 bits per heavy atom. The van der Waals surface area contributed by atoms with Gasteiger partial charge in [-0.1, -0.05) is 12.1 Å². The van der Waals surface area contributed by atoms with Crippen molar-refractivity contribution in [3.63, 3.8) is 0 Å². The summed E-state index contributed by atoms with van der Waals surface area (Å²) >= 11 is 0. The molecule has 1 aromatic heterocycles. The first-order chi connectivity index (χ1) is 9.40. The van der Waals surface area contributed by atoms with E-state index in [0.29, 0.717) is 6.10 Å². The number of benzene rings is 1. The zero-order chi connectivity index (χ0) is 12.9. The second-order valence-corrected chi connectivity index (χ2v) is 4.91. The quantitative estimate of drug-likeness (QED) is 0.884. The fourth-order valence-electron chi connectivity index (χ4n) is 2.07. The summed E-state index contributed by atoms with van der Waals surface area (Å²) < 4.78 is 5.89. The van der Waals surface area contributed by atoms with Crippen molar-refractivity contribution in [3.05, 3.63) is 54.4 Å². The summed E-state index contributed by atoms with van der Waals surface area (Å²) in [5.74, 6) is 0.959. The topological polar surface area (TPSA) is 34.2 Å². The van der Waals surface area contributed by atoms with E-state index in [0.717, 1.165) is 18.0 Å². The monoisotopic (exact) mass is 254 g/mol. The largest absolute Gasteiger partial charge is 0.490 e. The zero-order valence-corrected chi connectivity index (χ0v) is 10.9. The lowest BCUT2D eigenvalue weighted by molar-refractivity contribution is 0.120. The highest BCUT2D eigenvalue weighted by molar-refractivity contribution is 5.48. The Bertz CT molecular complexity index is 523. The van der Waals surface area contributed by atoms with Gasteiger partial charge in [0, 0.05) is 30.7 Å². The van der Waals surface area contributed by atoms with E-state index in [1.54, 1.807) is 6.20 Å². The second-order valence-electron chi connectivity index (χ2n) is 4.91. The Hall–Kier alpha value is -2.03. The van der Waals surface area contributed by atoms with Crippen molar-refractivity contribution in [2.45, 2.75) is 31.9 Å². The summed E-state index contributed by atoms with van der Waals surface area (Å²) in [6.07, 6.45) is 7.76. The first-order valence-corrected chi connectivity index (χ1v) is 6.80. The molecule has 98 valence electrons. The Labute approximate surface area is 113 Å². The average Bonchev–Trinajstić information content (AvgIpc) is 2.42. The highest BCUT2D eigenvalue weighted by atomic mass is 16.5. The van der Waals surface area contributed by atoms with E-state index in [-0.39, 0.29) is 0 Å². The zero-order valence-electron chi connectivity index (χ0n) is 10.9. The van der Waals surface area contributed by atoms with Crippen LogP contribution in [0, 0.1) is 0 Å². The summed E-state index contributed by atoms with van der Waals surface area (Å²) in [6.45, 7) is 0.778. The number of hydrogen-bond donors (Lipinski definition) is 1. The maximum absolute atomic E-state index is 5.89. The molecular formula is C16H18N2O. The third-order valence-electron chi connectivity index (χ3n) is 3.41. The molecule has 1 aliphatic carbocycles. The Kier molecular flexibility index (Phi) is 3.63. The molecule has 0 amide bonds. The molecule has 1 heterocycles. The number of pyridine rings is 1. The molecular weight excluding hydrogens is 236 g/mol. The van der Waals surface area contributed by atoms with Crippen molar-refractivity contribution >= 4 is 5.69 Å². The molecule has 1 fully saturated rings. The van der Waals surface area contributed by atoms with Crippen LogP contribution >= 0.6 is 0 Å². The SMILES string of the molecule is c1cncc(CNc2cccc(OC3CCC3)c2)c1. The van der Waals surface area contributed by atoms with E-state index in [1.807, 2.05) is 24.4 Å². The number of ether oxygens (including phenoxy) is 1. The van der Waals surface area contributed by atoms with Crippen molar-refractivity contribution in [1.29, 1.82) is 0 Å². The first-order valence-electron chi connectivity index (χ1n) is 6.80. The van der Waals surface area contributed by atoms with Gasteiger partial charge in [0.15, 0.2) is 0 Å². The van der Waals surface area contributed by atoms with E-state index in [4.69, 9.17) is 4.74 Å². The van der Waals surface area contributed by atoms with Crippen LogP contribution in [0.5, 0.6) is 5.75 Å². The van der Waals surface area contributed by atoms with Gasteiger partial charge in [-0.2, -0.15) is 0 Å². The minimum absolute atomic E-state index is 0.425. The van der Waals surface area contributed by atoms with Gasteiger partial charge in [-0.15, -0.1) is 0 Å². The number of nitrogens with zero attached hydrogens (tertiary/aromatic N) is 1. The highest BCUT2D eigenvalue weighted by Crippen LogP contribution is 2.26. The standard InChI is InChI=1S/C16H18N2O/c1-5-14(18-12-13-4-3-9-17-11-13)10-16(8-1)19-15-6-2-7-15/h1,3-5,8-11,15,18H,2,6-7,12H2. The smallest absolute Gasteiger partial charge is 0.121 e. The molecule has 0 atom stereocenters. The minimum Gasteiger partial charge on any atom is -0.490 e. The highest BCUT2D eigenvalue weighted by Gasteiger charge is 2.18. The van der Waals surface area contributed by atoms with E-state index in [1.165, 1.54) is 24.8 Å². The number of aromatic nitrogens is 1. The summed E-state index contributed by atoms with van der Waals surface area (Å²) in [4.78, 5) is 4.11. The van der Waals surface area contributed by atoms with Crippen molar-refractivity contribution in [1.82, 2.24) is 4.98 Å². The van der Waals surface area contributed by atoms with Crippen LogP contribution in [0.2, 0.25) is 0 Å². The molecule has 3 rings (SSSR count). The number of anilines is 1. The van der Waals surface area contributed by atoms with E-state index in [2.05, 4.69) is 28.5 Å². The molecule has 0 radical (unpaired) electrons. The molecule has 0 unspecified atom stereocenters. The Morgan fingerprint density at radius 2 is 2.16 bits per heavy atom. The molecule has 0 aliphatic heterocycles. The third kappa shape index (κ3) is 3.25. The third-order valence-corrected chi connectivity index (χ3v) is 3.41. The lowest BCUT2D eigenvalue weighted by atomic mass is 9.96. The normalized spacial score (nSPS) is 14.7. The molecule has 0 bridgehead atoms. The van der Waals surface area contributed by atoms with Crippen LogP contribution in [0.3, 0.4) is 0 Å². The van der Waals surface area contributed by atoms with E-state index >= 15 is 0 Å². The predicted octanol–water partition coefficient (Wildman–Crippen LogP) is 3.63. The van der Waals surface area contributed by atoms with Crippen molar-refractivity contribution < 1.29 is 4.74 Å². The second kappa shape index (κ2) is 5.74. The minimum atomic E-state index is 0.425. The van der Waals surface area contributed by atoms with Crippen LogP contribution in [0.25, 0.3) is 0 Å². The van der Waals surface area contributed by atoms with Gasteiger partial charge in [0.05, 0.1) is 6.10 Å². The maximum Gasteiger partial charge on any atom is 0.121 e. The number of rotatable bonds is 5. The van der Waals surface area contributed by atoms with E-state index in [9.17, 15) is 0 Å². The molecule has 1 N–H and O–H groups in total. The van der Waals surface area contributed by atoms with Gasteiger partial charge in [0.2, 0.25) is 0 Å². The van der Waals surface area contributed by atoms with Gasteiger partial charge in [0.25, 0.3) is 0 Å². The predicted molar refractivity (Wildman–Crippen MR) is 76.3 cm³/mol. The van der Waals surface area contributed by atoms with Gasteiger partial charge in [-0.05, 0) is 43.0 Å². The van der Waals surface area contributed by atoms with Crippen LogP contribution in [0.15, 0.2) is 48.8 Å². The molecule has 0 saturated heterocycles. The summed E-state index contributed by atoms with van der Waals surface area (Å²) in [6, 6.07) is 12.2. The lowest BCUT2D eigenvalue weighted by Crippen LogP contribution is -2.24.